The second-order valence-corrected chi connectivity index (χ2v) is 15.8. The van der Waals surface area contributed by atoms with Crippen molar-refractivity contribution in [1.29, 1.82) is 0 Å². The lowest BCUT2D eigenvalue weighted by molar-refractivity contribution is 0.0302. The summed E-state index contributed by atoms with van der Waals surface area (Å²) in [6.45, 7) is 0.868. The van der Waals surface area contributed by atoms with E-state index >= 15 is 0 Å². The van der Waals surface area contributed by atoms with Gasteiger partial charge in [-0.05, 0) is 48.2 Å². The molecule has 2 N–H and O–H groups in total. The SMILES string of the molecule is O=P1(CC(O)COCCCCOCC(O)CP2(=O)Oc3ccccc3-c3ccccc32)Oc2ccccc2-c2ccccc21. The van der Waals surface area contributed by atoms with Crippen LogP contribution in [0.2, 0.25) is 0 Å². The zero-order chi connectivity index (χ0) is 30.6. The van der Waals surface area contributed by atoms with E-state index in [-0.39, 0.29) is 25.5 Å². The van der Waals surface area contributed by atoms with Crippen molar-refractivity contribution >= 4 is 25.3 Å². The Hall–Kier alpha value is -3.22. The Labute approximate surface area is 257 Å². The highest BCUT2D eigenvalue weighted by atomic mass is 31.2. The van der Waals surface area contributed by atoms with Crippen molar-refractivity contribution in [3.8, 4) is 33.8 Å². The van der Waals surface area contributed by atoms with Gasteiger partial charge in [0, 0.05) is 24.3 Å². The van der Waals surface area contributed by atoms with E-state index in [0.717, 1.165) is 22.3 Å². The van der Waals surface area contributed by atoms with Crippen LogP contribution in [-0.2, 0) is 18.6 Å². The Bertz CT molecular complexity index is 1580. The second-order valence-electron chi connectivity index (χ2n) is 11.1. The van der Waals surface area contributed by atoms with Gasteiger partial charge in [-0.2, -0.15) is 0 Å². The van der Waals surface area contributed by atoms with Crippen LogP contribution in [0, 0.1) is 0 Å². The van der Waals surface area contributed by atoms with Gasteiger partial charge in [0.15, 0.2) is 0 Å². The summed E-state index contributed by atoms with van der Waals surface area (Å²) in [7, 11) is -6.65. The molecule has 44 heavy (non-hydrogen) atoms. The van der Waals surface area contributed by atoms with Gasteiger partial charge >= 0.3 is 0 Å². The molecule has 0 fully saturated rings. The van der Waals surface area contributed by atoms with Crippen LogP contribution in [0.3, 0.4) is 0 Å². The molecule has 2 aliphatic heterocycles. The number of aliphatic hydroxyl groups excluding tert-OH is 2. The molecule has 8 nitrogen and oxygen atoms in total. The Balaban J connectivity index is 0.909. The molecule has 0 aliphatic carbocycles. The number of unbranched alkanes of at least 4 members (excludes halogenated alkanes) is 1. The number of rotatable bonds is 13. The number of fused-ring (bicyclic) bond motifs is 6. The zero-order valence-corrected chi connectivity index (χ0v) is 26.1. The molecule has 4 aromatic rings. The number of hydrogen-bond donors (Lipinski definition) is 2. The molecule has 4 unspecified atom stereocenters. The molecule has 4 aromatic carbocycles. The van der Waals surface area contributed by atoms with Gasteiger partial charge in [-0.3, -0.25) is 9.13 Å². The Kier molecular flexibility index (Phi) is 9.39. The highest BCUT2D eigenvalue weighted by molar-refractivity contribution is 7.68. The van der Waals surface area contributed by atoms with Crippen molar-refractivity contribution in [3.05, 3.63) is 97.1 Å². The minimum Gasteiger partial charge on any atom is -0.439 e. The first-order valence-corrected chi connectivity index (χ1v) is 18.5. The maximum Gasteiger partial charge on any atom is 0.280 e. The molecule has 2 heterocycles. The van der Waals surface area contributed by atoms with Crippen LogP contribution in [0.1, 0.15) is 12.8 Å². The third-order valence-electron chi connectivity index (χ3n) is 7.74. The van der Waals surface area contributed by atoms with Crippen LogP contribution in [0.5, 0.6) is 11.5 Å². The fourth-order valence-corrected chi connectivity index (χ4v) is 10.5. The third kappa shape index (κ3) is 6.57. The van der Waals surface area contributed by atoms with Gasteiger partial charge < -0.3 is 28.7 Å². The summed E-state index contributed by atoms with van der Waals surface area (Å²) in [6, 6.07) is 29.9. The van der Waals surface area contributed by atoms with E-state index in [1.165, 1.54) is 0 Å². The lowest BCUT2D eigenvalue weighted by Crippen LogP contribution is -2.28. The van der Waals surface area contributed by atoms with Crippen LogP contribution in [-0.4, -0.2) is 61.2 Å². The summed E-state index contributed by atoms with van der Waals surface area (Å²) < 4.78 is 51.0. The van der Waals surface area contributed by atoms with E-state index < -0.39 is 26.9 Å². The van der Waals surface area contributed by atoms with Crippen LogP contribution < -0.4 is 19.7 Å². The van der Waals surface area contributed by atoms with Crippen molar-refractivity contribution in [2.24, 2.45) is 0 Å². The summed E-state index contributed by atoms with van der Waals surface area (Å²) in [6.07, 6.45) is -0.621. The normalized spacial score (nSPS) is 21.0. The van der Waals surface area contributed by atoms with Crippen molar-refractivity contribution in [3.63, 3.8) is 0 Å². The minimum absolute atomic E-state index is 0.0383. The van der Waals surface area contributed by atoms with Crippen molar-refractivity contribution in [1.82, 2.24) is 0 Å². The predicted octanol–water partition coefficient (Wildman–Crippen LogP) is 5.85. The van der Waals surface area contributed by atoms with Crippen molar-refractivity contribution in [2.75, 3.05) is 38.8 Å². The maximum atomic E-state index is 13.9. The van der Waals surface area contributed by atoms with E-state index in [2.05, 4.69) is 0 Å². The topological polar surface area (TPSA) is 112 Å². The Morgan fingerprint density at radius 3 is 1.34 bits per heavy atom. The Morgan fingerprint density at radius 2 is 0.909 bits per heavy atom. The first-order chi connectivity index (χ1) is 21.4. The fraction of sp³-hybridized carbons (Fsp3) is 0.294. The highest BCUT2D eigenvalue weighted by Gasteiger charge is 2.38. The quantitative estimate of drug-likeness (QED) is 0.139. The average Bonchev–Trinajstić information content (AvgIpc) is 3.02. The van der Waals surface area contributed by atoms with E-state index in [1.807, 2.05) is 72.8 Å². The molecule has 0 bridgehead atoms. The van der Waals surface area contributed by atoms with E-state index in [0.29, 0.717) is 48.2 Å². The molecule has 0 amide bonds. The van der Waals surface area contributed by atoms with Gasteiger partial charge in [0.2, 0.25) is 0 Å². The highest BCUT2D eigenvalue weighted by Crippen LogP contribution is 2.56. The van der Waals surface area contributed by atoms with Crippen LogP contribution >= 0.6 is 14.7 Å². The number of para-hydroxylation sites is 2. The number of benzene rings is 4. The van der Waals surface area contributed by atoms with Gasteiger partial charge in [0.25, 0.3) is 14.7 Å². The largest absolute Gasteiger partial charge is 0.439 e. The molecule has 6 rings (SSSR count). The van der Waals surface area contributed by atoms with E-state index in [1.54, 1.807) is 24.3 Å². The molecule has 0 saturated carbocycles. The van der Waals surface area contributed by atoms with Gasteiger partial charge in [0.05, 0.1) is 48.4 Å². The van der Waals surface area contributed by atoms with E-state index in [4.69, 9.17) is 18.5 Å². The molecule has 230 valence electrons. The number of aliphatic hydroxyl groups is 2. The smallest absolute Gasteiger partial charge is 0.280 e. The van der Waals surface area contributed by atoms with Crippen LogP contribution in [0.4, 0.5) is 0 Å². The number of ether oxygens (including phenoxy) is 2. The maximum absolute atomic E-state index is 13.9. The van der Waals surface area contributed by atoms with Crippen LogP contribution in [0.25, 0.3) is 22.3 Å². The van der Waals surface area contributed by atoms with Gasteiger partial charge in [-0.15, -0.1) is 0 Å². The summed E-state index contributed by atoms with van der Waals surface area (Å²) in [5.41, 5.74) is 3.51. The average molecular weight is 635 g/mol. The van der Waals surface area contributed by atoms with Crippen LogP contribution in [0.15, 0.2) is 97.1 Å². The van der Waals surface area contributed by atoms with Crippen molar-refractivity contribution < 1.29 is 37.9 Å². The van der Waals surface area contributed by atoms with E-state index in [9.17, 15) is 19.3 Å². The molecule has 0 radical (unpaired) electrons. The molecule has 4 atom stereocenters. The minimum atomic E-state index is -3.33. The predicted molar refractivity (Wildman–Crippen MR) is 172 cm³/mol. The molecule has 0 spiro atoms. The van der Waals surface area contributed by atoms with Gasteiger partial charge in [0.1, 0.15) is 11.5 Å². The third-order valence-corrected chi connectivity index (χ3v) is 12.8. The first kappa shape index (κ1) is 30.8. The standard InChI is InChI=1S/C34H36O8P2/c35-25(23-43(37)33-17-7-3-13-29(33)27-11-1-5-15-31(27)41-43)21-39-19-9-10-20-40-22-26(36)24-44(38)34-18-8-4-14-30(34)28-12-2-6-16-32(28)42-44/h1-8,11-18,25-26,35-36H,9-10,19-24H2. The first-order valence-electron chi connectivity index (χ1n) is 14.8. The molecule has 10 heteroatoms. The molecular weight excluding hydrogens is 598 g/mol. The molecule has 0 aromatic heterocycles. The van der Waals surface area contributed by atoms with Gasteiger partial charge in [-0.1, -0.05) is 72.8 Å². The molecular formula is C34H36O8P2. The number of hydrogen-bond acceptors (Lipinski definition) is 8. The summed E-state index contributed by atoms with van der Waals surface area (Å²) in [4.78, 5) is 0. The Morgan fingerprint density at radius 1 is 0.545 bits per heavy atom. The fourth-order valence-electron chi connectivity index (χ4n) is 5.73. The lowest BCUT2D eigenvalue weighted by atomic mass is 10.0. The van der Waals surface area contributed by atoms with Crippen molar-refractivity contribution in [2.45, 2.75) is 25.0 Å². The molecule has 0 saturated heterocycles. The lowest BCUT2D eigenvalue weighted by Gasteiger charge is -2.30. The monoisotopic (exact) mass is 634 g/mol. The molecule has 2 aliphatic rings. The van der Waals surface area contributed by atoms with Gasteiger partial charge in [-0.25, -0.2) is 0 Å². The zero-order valence-electron chi connectivity index (χ0n) is 24.3. The second kappa shape index (κ2) is 13.4. The summed E-state index contributed by atoms with van der Waals surface area (Å²) in [5.74, 6) is 1.11. The summed E-state index contributed by atoms with van der Waals surface area (Å²) >= 11 is 0. The summed E-state index contributed by atoms with van der Waals surface area (Å²) in [5, 5.41) is 22.5.